The molecular weight excluding hydrogens is 302 g/mol. The highest BCUT2D eigenvalue weighted by Gasteiger charge is 2.37. The van der Waals surface area contributed by atoms with Gasteiger partial charge in [0.25, 0.3) is 0 Å². The predicted octanol–water partition coefficient (Wildman–Crippen LogP) is 0.695. The maximum atomic E-state index is 12.2. The van der Waals surface area contributed by atoms with E-state index in [0.717, 1.165) is 6.42 Å². The molecule has 22 heavy (non-hydrogen) atoms. The summed E-state index contributed by atoms with van der Waals surface area (Å²) in [6.45, 7) is 3.28. The second-order valence-electron chi connectivity index (χ2n) is 6.51. The first-order valence-corrected chi connectivity index (χ1v) is 10.3. The quantitative estimate of drug-likeness (QED) is 0.673. The number of rotatable bonds is 7. The summed E-state index contributed by atoms with van der Waals surface area (Å²) < 4.78 is 24.4. The average Bonchev–Trinajstić information content (AvgIpc) is 2.89. The Balaban J connectivity index is 1.68. The summed E-state index contributed by atoms with van der Waals surface area (Å²) in [7, 11) is -3.14. The van der Waals surface area contributed by atoms with Gasteiger partial charge >= 0.3 is 0 Å². The SMILES string of the molecule is CCN(CCCNC(=O)C1CC2CCCCC2N1)S(C)(=O)=O. The van der Waals surface area contributed by atoms with Crippen molar-refractivity contribution in [2.45, 2.75) is 57.5 Å². The Morgan fingerprint density at radius 2 is 2.05 bits per heavy atom. The van der Waals surface area contributed by atoms with E-state index in [1.165, 1.54) is 36.2 Å². The van der Waals surface area contributed by atoms with Gasteiger partial charge in [-0.25, -0.2) is 12.7 Å². The van der Waals surface area contributed by atoms with Gasteiger partial charge in [0, 0.05) is 25.7 Å². The zero-order chi connectivity index (χ0) is 16.2. The van der Waals surface area contributed by atoms with E-state index in [4.69, 9.17) is 0 Å². The second kappa shape index (κ2) is 7.75. The van der Waals surface area contributed by atoms with Crippen LogP contribution in [0, 0.1) is 5.92 Å². The number of carbonyl (C=O) groups excluding carboxylic acids is 1. The van der Waals surface area contributed by atoms with Gasteiger partial charge in [-0.1, -0.05) is 19.8 Å². The Morgan fingerprint density at radius 1 is 1.32 bits per heavy atom. The van der Waals surface area contributed by atoms with Crippen LogP contribution in [0.15, 0.2) is 0 Å². The first-order chi connectivity index (χ1) is 10.4. The van der Waals surface area contributed by atoms with Crippen LogP contribution < -0.4 is 10.6 Å². The highest BCUT2D eigenvalue weighted by Crippen LogP contribution is 2.33. The van der Waals surface area contributed by atoms with Crippen molar-refractivity contribution < 1.29 is 13.2 Å². The summed E-state index contributed by atoms with van der Waals surface area (Å²) in [6.07, 6.45) is 7.79. The van der Waals surface area contributed by atoms with Crippen LogP contribution in [0.4, 0.5) is 0 Å². The monoisotopic (exact) mass is 331 g/mol. The molecule has 1 aliphatic carbocycles. The van der Waals surface area contributed by atoms with Crippen LogP contribution in [-0.4, -0.2) is 56.6 Å². The lowest BCUT2D eigenvalue weighted by Crippen LogP contribution is -2.44. The molecule has 0 aromatic carbocycles. The molecule has 1 saturated carbocycles. The molecule has 3 atom stereocenters. The topological polar surface area (TPSA) is 78.5 Å². The Morgan fingerprint density at radius 3 is 2.68 bits per heavy atom. The lowest BCUT2D eigenvalue weighted by Gasteiger charge is -2.24. The van der Waals surface area contributed by atoms with E-state index in [1.54, 1.807) is 0 Å². The summed E-state index contributed by atoms with van der Waals surface area (Å²) in [4.78, 5) is 12.2. The molecule has 2 fully saturated rings. The number of nitrogens with one attached hydrogen (secondary N) is 2. The highest BCUT2D eigenvalue weighted by atomic mass is 32.2. The molecule has 1 aliphatic heterocycles. The fourth-order valence-electron chi connectivity index (χ4n) is 3.67. The lowest BCUT2D eigenvalue weighted by molar-refractivity contribution is -0.122. The van der Waals surface area contributed by atoms with Crippen molar-refractivity contribution in [1.82, 2.24) is 14.9 Å². The predicted molar refractivity (Wildman–Crippen MR) is 87.0 cm³/mol. The number of hydrogen-bond acceptors (Lipinski definition) is 4. The summed E-state index contributed by atoms with van der Waals surface area (Å²) in [5.41, 5.74) is 0. The van der Waals surface area contributed by atoms with E-state index in [2.05, 4.69) is 10.6 Å². The van der Waals surface area contributed by atoms with Crippen LogP contribution in [0.25, 0.3) is 0 Å². The van der Waals surface area contributed by atoms with Crippen LogP contribution in [0.5, 0.6) is 0 Å². The zero-order valence-electron chi connectivity index (χ0n) is 13.7. The maximum absolute atomic E-state index is 12.2. The molecule has 1 heterocycles. The number of amides is 1. The number of sulfonamides is 1. The summed E-state index contributed by atoms with van der Waals surface area (Å²) in [6, 6.07) is 0.454. The van der Waals surface area contributed by atoms with Crippen molar-refractivity contribution in [1.29, 1.82) is 0 Å². The third-order valence-electron chi connectivity index (χ3n) is 4.88. The number of hydrogen-bond donors (Lipinski definition) is 2. The normalized spacial score (nSPS) is 28.6. The maximum Gasteiger partial charge on any atom is 0.237 e. The first kappa shape index (κ1) is 17.7. The Kier molecular flexibility index (Phi) is 6.23. The smallest absolute Gasteiger partial charge is 0.237 e. The third-order valence-corrected chi connectivity index (χ3v) is 6.26. The lowest BCUT2D eigenvalue weighted by atomic mass is 9.85. The minimum atomic E-state index is -3.14. The molecular formula is C15H29N3O3S. The second-order valence-corrected chi connectivity index (χ2v) is 8.49. The number of carbonyl (C=O) groups is 1. The Hall–Kier alpha value is -0.660. The summed E-state index contributed by atoms with van der Waals surface area (Å²) >= 11 is 0. The van der Waals surface area contributed by atoms with Gasteiger partial charge in [0.05, 0.1) is 12.3 Å². The van der Waals surface area contributed by atoms with Gasteiger partial charge in [0.2, 0.25) is 15.9 Å². The molecule has 2 rings (SSSR count). The molecule has 0 aromatic rings. The first-order valence-electron chi connectivity index (χ1n) is 8.40. The van der Waals surface area contributed by atoms with Crippen molar-refractivity contribution >= 4 is 15.9 Å². The van der Waals surface area contributed by atoms with Crippen molar-refractivity contribution in [3.8, 4) is 0 Å². The van der Waals surface area contributed by atoms with E-state index < -0.39 is 10.0 Å². The Labute approximate surface area is 134 Å². The minimum Gasteiger partial charge on any atom is -0.355 e. The molecule has 6 nitrogen and oxygen atoms in total. The van der Waals surface area contributed by atoms with E-state index in [9.17, 15) is 13.2 Å². The van der Waals surface area contributed by atoms with Crippen LogP contribution in [0.2, 0.25) is 0 Å². The average molecular weight is 331 g/mol. The molecule has 2 aliphatic rings. The van der Waals surface area contributed by atoms with E-state index in [1.807, 2.05) is 6.92 Å². The van der Waals surface area contributed by atoms with Gasteiger partial charge in [-0.3, -0.25) is 4.79 Å². The van der Waals surface area contributed by atoms with Gasteiger partial charge in [-0.2, -0.15) is 0 Å². The van der Waals surface area contributed by atoms with E-state index in [-0.39, 0.29) is 11.9 Å². The fraction of sp³-hybridized carbons (Fsp3) is 0.933. The standard InChI is InChI=1S/C15H29N3O3S/c1-3-18(22(2,20)21)10-6-9-16-15(19)14-11-12-7-4-5-8-13(12)17-14/h12-14,17H,3-11H2,1-2H3,(H,16,19). The number of fused-ring (bicyclic) bond motifs is 1. The van der Waals surface area contributed by atoms with Gasteiger partial charge in [0.1, 0.15) is 0 Å². The molecule has 0 bridgehead atoms. The van der Waals surface area contributed by atoms with Gasteiger partial charge in [-0.15, -0.1) is 0 Å². The Bertz CT molecular complexity index is 466. The number of nitrogens with zero attached hydrogens (tertiary/aromatic N) is 1. The van der Waals surface area contributed by atoms with Crippen LogP contribution in [0.3, 0.4) is 0 Å². The molecule has 2 N–H and O–H groups in total. The highest BCUT2D eigenvalue weighted by molar-refractivity contribution is 7.88. The minimum absolute atomic E-state index is 0.0646. The van der Waals surface area contributed by atoms with Crippen LogP contribution in [0.1, 0.15) is 45.4 Å². The zero-order valence-corrected chi connectivity index (χ0v) is 14.5. The third kappa shape index (κ3) is 4.67. The molecule has 1 saturated heterocycles. The van der Waals surface area contributed by atoms with Crippen LogP contribution >= 0.6 is 0 Å². The van der Waals surface area contributed by atoms with E-state index in [0.29, 0.717) is 38.0 Å². The van der Waals surface area contributed by atoms with Crippen molar-refractivity contribution in [2.24, 2.45) is 5.92 Å². The van der Waals surface area contributed by atoms with E-state index >= 15 is 0 Å². The molecule has 7 heteroatoms. The molecule has 0 radical (unpaired) electrons. The van der Waals surface area contributed by atoms with Crippen LogP contribution in [-0.2, 0) is 14.8 Å². The summed E-state index contributed by atoms with van der Waals surface area (Å²) in [5, 5.41) is 6.40. The summed E-state index contributed by atoms with van der Waals surface area (Å²) in [5.74, 6) is 0.724. The fourth-order valence-corrected chi connectivity index (χ4v) is 4.60. The molecule has 0 aromatic heterocycles. The van der Waals surface area contributed by atoms with Gasteiger partial charge < -0.3 is 10.6 Å². The largest absolute Gasteiger partial charge is 0.355 e. The molecule has 3 unspecified atom stereocenters. The molecule has 0 spiro atoms. The van der Waals surface area contributed by atoms with Crippen molar-refractivity contribution in [3.63, 3.8) is 0 Å². The van der Waals surface area contributed by atoms with Crippen molar-refractivity contribution in [2.75, 3.05) is 25.9 Å². The van der Waals surface area contributed by atoms with Gasteiger partial charge in [-0.05, 0) is 31.6 Å². The van der Waals surface area contributed by atoms with Gasteiger partial charge in [0.15, 0.2) is 0 Å². The molecule has 1 amide bonds. The molecule has 128 valence electrons. The van der Waals surface area contributed by atoms with Crippen molar-refractivity contribution in [3.05, 3.63) is 0 Å².